The highest BCUT2D eigenvalue weighted by molar-refractivity contribution is 5.99. The number of benzene rings is 1. The zero-order chi connectivity index (χ0) is 18.0. The summed E-state index contributed by atoms with van der Waals surface area (Å²) >= 11 is 0. The summed E-state index contributed by atoms with van der Waals surface area (Å²) in [5.41, 5.74) is 0.948. The molecule has 1 N–H and O–H groups in total. The van der Waals surface area contributed by atoms with Gasteiger partial charge in [-0.1, -0.05) is 30.9 Å². The molecule has 6 heteroatoms. The van der Waals surface area contributed by atoms with Gasteiger partial charge >= 0.3 is 6.18 Å². The molecule has 0 saturated carbocycles. The van der Waals surface area contributed by atoms with Crippen molar-refractivity contribution in [1.29, 1.82) is 0 Å². The van der Waals surface area contributed by atoms with Crippen LogP contribution in [-0.4, -0.2) is 24.7 Å². The fourth-order valence-corrected chi connectivity index (χ4v) is 3.41. The van der Waals surface area contributed by atoms with Crippen molar-refractivity contribution in [3.8, 4) is 0 Å². The van der Waals surface area contributed by atoms with Gasteiger partial charge in [0.15, 0.2) is 0 Å². The fourth-order valence-electron chi connectivity index (χ4n) is 3.41. The average Bonchev–Trinajstić information content (AvgIpc) is 2.60. The number of allylic oxidation sites excluding steroid dienone is 2. The predicted octanol–water partition coefficient (Wildman–Crippen LogP) is 4.45. The Labute approximate surface area is 144 Å². The second-order valence-corrected chi connectivity index (χ2v) is 6.21. The Bertz CT molecular complexity index is 736. The van der Waals surface area contributed by atoms with Gasteiger partial charge in [-0.3, -0.25) is 4.79 Å². The van der Waals surface area contributed by atoms with E-state index in [-0.39, 0.29) is 17.9 Å². The number of anilines is 2. The molecule has 1 saturated heterocycles. The largest absolute Gasteiger partial charge is 0.416 e. The smallest absolute Gasteiger partial charge is 0.364 e. The Morgan fingerprint density at radius 3 is 2.88 bits per heavy atom. The SMILES string of the molecule is C=CC(=O)Nc1cccc(N2CCCC3C=C(C(F)(F)F)C=CC32)c1. The van der Waals surface area contributed by atoms with Gasteiger partial charge in [0.1, 0.15) is 0 Å². The van der Waals surface area contributed by atoms with Crippen molar-refractivity contribution >= 4 is 17.3 Å². The number of rotatable bonds is 3. The first kappa shape index (κ1) is 17.3. The van der Waals surface area contributed by atoms with Crippen molar-refractivity contribution in [1.82, 2.24) is 0 Å². The first-order chi connectivity index (χ1) is 11.9. The molecule has 0 aromatic heterocycles. The van der Waals surface area contributed by atoms with Crippen LogP contribution in [0.4, 0.5) is 24.5 Å². The Morgan fingerprint density at radius 1 is 1.36 bits per heavy atom. The van der Waals surface area contributed by atoms with E-state index in [4.69, 9.17) is 0 Å². The highest BCUT2D eigenvalue weighted by atomic mass is 19.4. The van der Waals surface area contributed by atoms with Crippen LogP contribution in [0.25, 0.3) is 0 Å². The Morgan fingerprint density at radius 2 is 2.16 bits per heavy atom. The summed E-state index contributed by atoms with van der Waals surface area (Å²) in [7, 11) is 0. The number of amides is 1. The van der Waals surface area contributed by atoms with E-state index >= 15 is 0 Å². The van der Waals surface area contributed by atoms with Crippen LogP contribution >= 0.6 is 0 Å². The van der Waals surface area contributed by atoms with Crippen LogP contribution < -0.4 is 10.2 Å². The van der Waals surface area contributed by atoms with Gasteiger partial charge in [-0.25, -0.2) is 0 Å². The number of fused-ring (bicyclic) bond motifs is 1. The highest BCUT2D eigenvalue weighted by Crippen LogP contribution is 2.38. The second kappa shape index (κ2) is 6.78. The summed E-state index contributed by atoms with van der Waals surface area (Å²) in [6.45, 7) is 4.18. The number of carbonyl (C=O) groups is 1. The molecule has 0 radical (unpaired) electrons. The number of hydrogen-bond donors (Lipinski definition) is 1. The van der Waals surface area contributed by atoms with E-state index in [1.165, 1.54) is 18.2 Å². The van der Waals surface area contributed by atoms with Crippen LogP contribution in [0.5, 0.6) is 0 Å². The minimum atomic E-state index is -4.31. The maximum atomic E-state index is 12.9. The normalized spacial score (nSPS) is 22.8. The summed E-state index contributed by atoms with van der Waals surface area (Å²) in [4.78, 5) is 13.6. The summed E-state index contributed by atoms with van der Waals surface area (Å²) in [6.07, 6.45) is 2.60. The van der Waals surface area contributed by atoms with Gasteiger partial charge in [-0.15, -0.1) is 0 Å². The standard InChI is InChI=1S/C19H19F3N2O/c1-2-18(25)23-15-6-3-7-16(12-15)24-10-4-5-13-11-14(19(20,21)22)8-9-17(13)24/h2-3,6-9,11-13,17H,1,4-5,10H2,(H,23,25). The average molecular weight is 348 g/mol. The van der Waals surface area contributed by atoms with Crippen molar-refractivity contribution in [3.63, 3.8) is 0 Å². The second-order valence-electron chi connectivity index (χ2n) is 6.21. The Balaban J connectivity index is 1.83. The first-order valence-corrected chi connectivity index (χ1v) is 8.16. The summed E-state index contributed by atoms with van der Waals surface area (Å²) in [5, 5.41) is 2.71. The van der Waals surface area contributed by atoms with E-state index in [1.807, 2.05) is 18.2 Å². The number of piperidine rings is 1. The van der Waals surface area contributed by atoms with Gasteiger partial charge in [-0.05, 0) is 37.1 Å². The fraction of sp³-hybridized carbons (Fsp3) is 0.316. The van der Waals surface area contributed by atoms with Crippen molar-refractivity contribution < 1.29 is 18.0 Å². The molecule has 1 fully saturated rings. The van der Waals surface area contributed by atoms with Crippen LogP contribution in [0.1, 0.15) is 12.8 Å². The van der Waals surface area contributed by atoms with E-state index in [0.717, 1.165) is 25.1 Å². The van der Waals surface area contributed by atoms with E-state index < -0.39 is 11.7 Å². The third kappa shape index (κ3) is 3.78. The number of carbonyl (C=O) groups excluding carboxylic acids is 1. The number of alkyl halides is 3. The van der Waals surface area contributed by atoms with Crippen LogP contribution in [0.15, 0.2) is 60.7 Å². The molecule has 3 nitrogen and oxygen atoms in total. The van der Waals surface area contributed by atoms with Crippen LogP contribution in [0, 0.1) is 5.92 Å². The summed E-state index contributed by atoms with van der Waals surface area (Å²) in [5.74, 6) is -0.467. The number of halogens is 3. The first-order valence-electron chi connectivity index (χ1n) is 8.16. The van der Waals surface area contributed by atoms with Gasteiger partial charge in [0.05, 0.1) is 11.6 Å². The number of nitrogens with one attached hydrogen (secondary N) is 1. The molecule has 0 spiro atoms. The van der Waals surface area contributed by atoms with Crippen molar-refractivity contribution in [3.05, 3.63) is 60.7 Å². The van der Waals surface area contributed by atoms with Crippen LogP contribution in [0.2, 0.25) is 0 Å². The van der Waals surface area contributed by atoms with Gasteiger partial charge in [-0.2, -0.15) is 13.2 Å². The Kier molecular flexibility index (Phi) is 4.70. The lowest BCUT2D eigenvalue weighted by Crippen LogP contribution is -2.45. The highest BCUT2D eigenvalue weighted by Gasteiger charge is 2.38. The molecule has 2 aliphatic rings. The molecule has 1 aromatic rings. The molecule has 2 unspecified atom stereocenters. The molecule has 3 rings (SSSR count). The third-order valence-electron chi connectivity index (χ3n) is 4.56. The molecule has 1 amide bonds. The molecule has 132 valence electrons. The molecular weight excluding hydrogens is 329 g/mol. The van der Waals surface area contributed by atoms with E-state index in [0.29, 0.717) is 5.69 Å². The minimum absolute atomic E-state index is 0.106. The zero-order valence-electron chi connectivity index (χ0n) is 13.6. The van der Waals surface area contributed by atoms with Crippen molar-refractivity contribution in [2.24, 2.45) is 5.92 Å². The quantitative estimate of drug-likeness (QED) is 0.818. The maximum absolute atomic E-state index is 12.9. The zero-order valence-corrected chi connectivity index (χ0v) is 13.6. The summed E-state index contributed by atoms with van der Waals surface area (Å²) in [6, 6.07) is 7.22. The third-order valence-corrected chi connectivity index (χ3v) is 4.56. The van der Waals surface area contributed by atoms with Crippen LogP contribution in [-0.2, 0) is 4.79 Å². The molecule has 0 bridgehead atoms. The predicted molar refractivity (Wildman–Crippen MR) is 92.4 cm³/mol. The molecule has 1 aliphatic carbocycles. The lowest BCUT2D eigenvalue weighted by Gasteiger charge is -2.42. The van der Waals surface area contributed by atoms with Crippen LogP contribution in [0.3, 0.4) is 0 Å². The topological polar surface area (TPSA) is 32.3 Å². The van der Waals surface area contributed by atoms with Gasteiger partial charge < -0.3 is 10.2 Å². The lowest BCUT2D eigenvalue weighted by molar-refractivity contribution is -0.111. The van der Waals surface area contributed by atoms with Crippen molar-refractivity contribution in [2.45, 2.75) is 25.1 Å². The van der Waals surface area contributed by atoms with Gasteiger partial charge in [0.25, 0.3) is 0 Å². The minimum Gasteiger partial charge on any atom is -0.364 e. The molecular formula is C19H19F3N2O. The lowest BCUT2D eigenvalue weighted by atomic mass is 9.83. The van der Waals surface area contributed by atoms with Crippen molar-refractivity contribution in [2.75, 3.05) is 16.8 Å². The monoisotopic (exact) mass is 348 g/mol. The van der Waals surface area contributed by atoms with Gasteiger partial charge in [0.2, 0.25) is 5.91 Å². The summed E-state index contributed by atoms with van der Waals surface area (Å²) < 4.78 is 38.8. The van der Waals surface area contributed by atoms with Gasteiger partial charge in [0, 0.05) is 23.8 Å². The molecule has 1 aromatic carbocycles. The van der Waals surface area contributed by atoms with E-state index in [2.05, 4.69) is 16.8 Å². The molecule has 25 heavy (non-hydrogen) atoms. The number of hydrogen-bond acceptors (Lipinski definition) is 2. The Hall–Kier alpha value is -2.50. The number of nitrogens with zero attached hydrogens (tertiary/aromatic N) is 1. The molecule has 1 heterocycles. The maximum Gasteiger partial charge on any atom is 0.416 e. The van der Waals surface area contributed by atoms with E-state index in [1.54, 1.807) is 12.1 Å². The molecule has 2 atom stereocenters. The molecule has 1 aliphatic heterocycles. The van der Waals surface area contributed by atoms with E-state index in [9.17, 15) is 18.0 Å².